The molecular weight excluding hydrogens is 300 g/mol. The van der Waals surface area contributed by atoms with Crippen molar-refractivity contribution in [1.82, 2.24) is 5.32 Å². The van der Waals surface area contributed by atoms with Crippen molar-refractivity contribution in [2.24, 2.45) is 5.73 Å². The molecule has 23 heavy (non-hydrogen) atoms. The van der Waals surface area contributed by atoms with E-state index in [-0.39, 0.29) is 17.8 Å². The van der Waals surface area contributed by atoms with Gasteiger partial charge in [0.1, 0.15) is 0 Å². The highest BCUT2D eigenvalue weighted by atomic mass is 16.6. The average Bonchev–Trinajstić information content (AvgIpc) is 2.53. The number of urea groups is 1. The molecule has 0 aliphatic heterocycles. The maximum absolute atomic E-state index is 12.0. The first-order valence-electron chi connectivity index (χ1n) is 6.64. The molecule has 2 aromatic rings. The molecular formula is C15H14N4O4. The van der Waals surface area contributed by atoms with Crippen LogP contribution in [0.25, 0.3) is 0 Å². The second-order valence-corrected chi connectivity index (χ2v) is 4.68. The Labute approximate surface area is 131 Å². The molecule has 8 heteroatoms. The van der Waals surface area contributed by atoms with E-state index in [9.17, 15) is 19.7 Å². The Kier molecular flexibility index (Phi) is 4.88. The first-order chi connectivity index (χ1) is 11.0. The first kappa shape index (κ1) is 16.0. The number of amides is 3. The van der Waals surface area contributed by atoms with Crippen LogP contribution in [0.3, 0.4) is 0 Å². The van der Waals surface area contributed by atoms with Gasteiger partial charge >= 0.3 is 6.03 Å². The Bertz CT molecular complexity index is 743. The number of rotatable bonds is 5. The second-order valence-electron chi connectivity index (χ2n) is 4.68. The van der Waals surface area contributed by atoms with Gasteiger partial charge < -0.3 is 16.4 Å². The minimum absolute atomic E-state index is 0.139. The number of hydrogen-bond acceptors (Lipinski definition) is 4. The lowest BCUT2D eigenvalue weighted by molar-refractivity contribution is -0.384. The highest BCUT2D eigenvalue weighted by Gasteiger charge is 2.11. The van der Waals surface area contributed by atoms with Crippen molar-refractivity contribution in [3.05, 3.63) is 69.8 Å². The Balaban J connectivity index is 1.97. The Morgan fingerprint density at radius 2 is 1.83 bits per heavy atom. The normalized spacial score (nSPS) is 9.91. The zero-order chi connectivity index (χ0) is 16.8. The highest BCUT2D eigenvalue weighted by molar-refractivity contribution is 5.94. The van der Waals surface area contributed by atoms with Crippen molar-refractivity contribution in [2.45, 2.75) is 6.54 Å². The van der Waals surface area contributed by atoms with Crippen LogP contribution in [0.5, 0.6) is 0 Å². The lowest BCUT2D eigenvalue weighted by Crippen LogP contribution is -2.23. The number of nitrogens with two attached hydrogens (primary N) is 1. The Morgan fingerprint density at radius 1 is 1.13 bits per heavy atom. The number of nitro groups is 1. The first-order valence-corrected chi connectivity index (χ1v) is 6.64. The molecule has 0 saturated carbocycles. The average molecular weight is 314 g/mol. The third-order valence-corrected chi connectivity index (χ3v) is 2.99. The number of nitrogens with zero attached hydrogens (tertiary/aromatic N) is 1. The van der Waals surface area contributed by atoms with Crippen LogP contribution in [0.1, 0.15) is 15.9 Å². The SMILES string of the molecule is NC(=O)Nc1ccc(CNC(=O)c2cccc([N+](=O)[O-])c2)cc1. The van der Waals surface area contributed by atoms with Gasteiger partial charge in [0.2, 0.25) is 0 Å². The summed E-state index contributed by atoms with van der Waals surface area (Å²) < 4.78 is 0. The third kappa shape index (κ3) is 4.53. The summed E-state index contributed by atoms with van der Waals surface area (Å²) in [6.07, 6.45) is 0. The van der Waals surface area contributed by atoms with Crippen molar-refractivity contribution in [1.29, 1.82) is 0 Å². The molecule has 0 atom stereocenters. The number of benzene rings is 2. The fraction of sp³-hybridized carbons (Fsp3) is 0.0667. The molecule has 0 aliphatic carbocycles. The van der Waals surface area contributed by atoms with Gasteiger partial charge in [0, 0.05) is 29.9 Å². The zero-order valence-corrected chi connectivity index (χ0v) is 12.0. The van der Waals surface area contributed by atoms with E-state index in [1.54, 1.807) is 24.3 Å². The maximum atomic E-state index is 12.0. The summed E-state index contributed by atoms with van der Waals surface area (Å²) in [4.78, 5) is 32.8. The number of carbonyl (C=O) groups excluding carboxylic acids is 2. The van der Waals surface area contributed by atoms with Crippen molar-refractivity contribution < 1.29 is 14.5 Å². The molecule has 0 unspecified atom stereocenters. The van der Waals surface area contributed by atoms with Crippen molar-refractivity contribution >= 4 is 23.3 Å². The molecule has 2 rings (SSSR count). The van der Waals surface area contributed by atoms with E-state index in [1.807, 2.05) is 0 Å². The molecule has 0 spiro atoms. The second kappa shape index (κ2) is 7.03. The Morgan fingerprint density at radius 3 is 2.43 bits per heavy atom. The summed E-state index contributed by atoms with van der Waals surface area (Å²) in [6.45, 7) is 0.248. The van der Waals surface area contributed by atoms with Gasteiger partial charge in [0.05, 0.1) is 4.92 Å². The number of primary amides is 1. The molecule has 0 heterocycles. The van der Waals surface area contributed by atoms with Crippen LogP contribution < -0.4 is 16.4 Å². The van der Waals surface area contributed by atoms with Crippen LogP contribution in [0, 0.1) is 10.1 Å². The lowest BCUT2D eigenvalue weighted by atomic mass is 10.1. The van der Waals surface area contributed by atoms with Crippen LogP contribution >= 0.6 is 0 Å². The topological polar surface area (TPSA) is 127 Å². The third-order valence-electron chi connectivity index (χ3n) is 2.99. The summed E-state index contributed by atoms with van der Waals surface area (Å²) in [5.74, 6) is -0.409. The summed E-state index contributed by atoms with van der Waals surface area (Å²) in [6, 6.07) is 11.6. The maximum Gasteiger partial charge on any atom is 0.316 e. The predicted molar refractivity (Wildman–Crippen MR) is 83.9 cm³/mol. The molecule has 3 amide bonds. The van der Waals surface area contributed by atoms with Gasteiger partial charge in [-0.1, -0.05) is 18.2 Å². The van der Waals surface area contributed by atoms with Crippen molar-refractivity contribution in [3.63, 3.8) is 0 Å². The van der Waals surface area contributed by atoms with Crippen molar-refractivity contribution in [2.75, 3.05) is 5.32 Å². The van der Waals surface area contributed by atoms with E-state index < -0.39 is 16.9 Å². The molecule has 2 aromatic carbocycles. The van der Waals surface area contributed by atoms with E-state index in [2.05, 4.69) is 10.6 Å². The van der Waals surface area contributed by atoms with Gasteiger partial charge in [-0.2, -0.15) is 0 Å². The quantitative estimate of drug-likeness (QED) is 0.576. The van der Waals surface area contributed by atoms with E-state index >= 15 is 0 Å². The fourth-order valence-corrected chi connectivity index (χ4v) is 1.89. The van der Waals surface area contributed by atoms with Gasteiger partial charge in [-0.25, -0.2) is 4.79 Å². The van der Waals surface area contributed by atoms with Crippen LogP contribution in [-0.2, 0) is 6.54 Å². The van der Waals surface area contributed by atoms with Crippen LogP contribution in [0.4, 0.5) is 16.2 Å². The van der Waals surface area contributed by atoms with E-state index in [0.717, 1.165) is 5.56 Å². The Hall–Kier alpha value is -3.42. The summed E-state index contributed by atoms with van der Waals surface area (Å²) in [5.41, 5.74) is 6.43. The molecule has 4 N–H and O–H groups in total. The molecule has 118 valence electrons. The van der Waals surface area contributed by atoms with Crippen LogP contribution in [-0.4, -0.2) is 16.9 Å². The van der Waals surface area contributed by atoms with Gasteiger partial charge in [0.25, 0.3) is 11.6 Å². The number of carbonyl (C=O) groups is 2. The minimum atomic E-state index is -0.656. The van der Waals surface area contributed by atoms with Gasteiger partial charge in [-0.3, -0.25) is 14.9 Å². The lowest BCUT2D eigenvalue weighted by Gasteiger charge is -2.07. The molecule has 0 radical (unpaired) electrons. The monoisotopic (exact) mass is 314 g/mol. The number of hydrogen-bond donors (Lipinski definition) is 3. The highest BCUT2D eigenvalue weighted by Crippen LogP contribution is 2.13. The summed E-state index contributed by atoms with van der Waals surface area (Å²) >= 11 is 0. The largest absolute Gasteiger partial charge is 0.351 e. The van der Waals surface area contributed by atoms with E-state index in [0.29, 0.717) is 5.69 Å². The van der Waals surface area contributed by atoms with E-state index in [1.165, 1.54) is 24.3 Å². The minimum Gasteiger partial charge on any atom is -0.351 e. The summed E-state index contributed by atoms with van der Waals surface area (Å²) in [7, 11) is 0. The van der Waals surface area contributed by atoms with Gasteiger partial charge in [-0.05, 0) is 23.8 Å². The molecule has 0 fully saturated rings. The smallest absolute Gasteiger partial charge is 0.316 e. The molecule has 0 saturated heterocycles. The summed E-state index contributed by atoms with van der Waals surface area (Å²) in [5, 5.41) is 15.8. The number of non-ortho nitro benzene ring substituents is 1. The fourth-order valence-electron chi connectivity index (χ4n) is 1.89. The molecule has 0 aliphatic rings. The molecule has 0 bridgehead atoms. The van der Waals surface area contributed by atoms with Crippen molar-refractivity contribution in [3.8, 4) is 0 Å². The zero-order valence-electron chi connectivity index (χ0n) is 12.0. The molecule has 0 aromatic heterocycles. The number of anilines is 1. The number of nitrogens with one attached hydrogen (secondary N) is 2. The molecule has 8 nitrogen and oxygen atoms in total. The van der Waals surface area contributed by atoms with E-state index in [4.69, 9.17) is 5.73 Å². The van der Waals surface area contributed by atoms with Crippen LogP contribution in [0.15, 0.2) is 48.5 Å². The van der Waals surface area contributed by atoms with Gasteiger partial charge in [0.15, 0.2) is 0 Å². The number of nitro benzene ring substituents is 1. The standard InChI is InChI=1S/C15H14N4O4/c16-15(21)18-12-6-4-10(5-7-12)9-17-14(20)11-2-1-3-13(8-11)19(22)23/h1-8H,9H2,(H,17,20)(H3,16,18,21). The predicted octanol–water partition coefficient (Wildman–Crippen LogP) is 2.02. The van der Waals surface area contributed by atoms with Crippen LogP contribution in [0.2, 0.25) is 0 Å². The van der Waals surface area contributed by atoms with Gasteiger partial charge in [-0.15, -0.1) is 0 Å².